The largest absolute Gasteiger partial charge is 0.493 e. The number of ether oxygens (including phenoxy) is 3. The van der Waals surface area contributed by atoms with Crippen LogP contribution in [0.4, 0.5) is 5.69 Å². The first-order valence-electron chi connectivity index (χ1n) is 12.4. The molecule has 0 unspecified atom stereocenters. The van der Waals surface area contributed by atoms with Gasteiger partial charge in [-0.25, -0.2) is 4.98 Å². The molecule has 204 valence electrons. The monoisotopic (exact) mass is 573 g/mol. The summed E-state index contributed by atoms with van der Waals surface area (Å²) in [5, 5.41) is 14.3. The smallest absolute Gasteiger partial charge is 0.225 e. The number of thioether (sulfide) groups is 1. The minimum Gasteiger partial charge on any atom is -0.493 e. The van der Waals surface area contributed by atoms with E-state index in [0.29, 0.717) is 61.1 Å². The molecule has 0 bridgehead atoms. The van der Waals surface area contributed by atoms with Crippen LogP contribution >= 0.6 is 23.4 Å². The van der Waals surface area contributed by atoms with Crippen LogP contribution in [0.5, 0.6) is 17.2 Å². The number of nitrogens with zero attached hydrogens (tertiary/aromatic N) is 2. The first-order valence-corrected chi connectivity index (χ1v) is 13.7. The molecule has 1 amide bonds. The van der Waals surface area contributed by atoms with Crippen molar-refractivity contribution in [3.05, 3.63) is 82.9 Å². The maximum Gasteiger partial charge on any atom is 0.225 e. The van der Waals surface area contributed by atoms with Gasteiger partial charge in [0.2, 0.25) is 11.7 Å². The van der Waals surface area contributed by atoms with Crippen LogP contribution in [-0.4, -0.2) is 38.0 Å². The Kier molecular flexibility index (Phi) is 9.54. The Labute approximate surface area is 243 Å². The van der Waals surface area contributed by atoms with Crippen molar-refractivity contribution >= 4 is 35.0 Å². The Morgan fingerprint density at radius 1 is 0.975 bits per heavy atom. The van der Waals surface area contributed by atoms with Crippen molar-refractivity contribution in [2.45, 2.75) is 18.4 Å². The lowest BCUT2D eigenvalue weighted by atomic mass is 9.98. The van der Waals surface area contributed by atoms with Crippen LogP contribution in [0, 0.1) is 18.3 Å². The minimum absolute atomic E-state index is 0.152. The first-order chi connectivity index (χ1) is 19.4. The Bertz CT molecular complexity index is 1550. The van der Waals surface area contributed by atoms with Gasteiger partial charge < -0.3 is 19.5 Å². The van der Waals surface area contributed by atoms with Gasteiger partial charge in [-0.15, -0.1) is 11.8 Å². The summed E-state index contributed by atoms with van der Waals surface area (Å²) in [5.41, 5.74) is 4.85. The molecule has 7 nitrogen and oxygen atoms in total. The number of anilines is 1. The third-order valence-corrected chi connectivity index (χ3v) is 7.64. The number of hydrogen-bond donors (Lipinski definition) is 1. The van der Waals surface area contributed by atoms with Gasteiger partial charge in [0, 0.05) is 34.0 Å². The molecule has 40 heavy (non-hydrogen) atoms. The van der Waals surface area contributed by atoms with Crippen LogP contribution in [0.15, 0.2) is 71.8 Å². The third kappa shape index (κ3) is 6.33. The van der Waals surface area contributed by atoms with E-state index in [4.69, 9.17) is 30.8 Å². The SMILES string of the molecule is COc1cc(-c2cc(-c3ccccc3)nc(SCCC(=O)Nc3cccc(Cl)c3C)c2C#N)cc(OC)c1OC. The van der Waals surface area contributed by atoms with Gasteiger partial charge in [0.15, 0.2) is 11.5 Å². The Hall–Kier alpha value is -4.19. The molecule has 0 aliphatic carbocycles. The topological polar surface area (TPSA) is 93.5 Å². The number of aromatic nitrogens is 1. The van der Waals surface area contributed by atoms with E-state index in [1.54, 1.807) is 33.5 Å². The van der Waals surface area contributed by atoms with Gasteiger partial charge in [0.25, 0.3) is 0 Å². The number of halogens is 1. The molecule has 9 heteroatoms. The number of carbonyl (C=O) groups is 1. The highest BCUT2D eigenvalue weighted by Crippen LogP contribution is 2.43. The number of hydrogen-bond acceptors (Lipinski definition) is 7. The number of amides is 1. The molecule has 4 rings (SSSR count). The molecule has 0 saturated heterocycles. The molecule has 0 aliphatic heterocycles. The highest BCUT2D eigenvalue weighted by Gasteiger charge is 2.20. The lowest BCUT2D eigenvalue weighted by molar-refractivity contribution is -0.115. The molecule has 0 radical (unpaired) electrons. The standard InChI is InChI=1S/C31H28ClN3O4S/c1-19-24(32)11-8-12-25(19)34-29(36)13-14-40-31-23(18-33)22(17-26(35-31)20-9-6-5-7-10-20)21-15-27(37-2)30(39-4)28(16-21)38-3/h5-12,15-17H,13-14H2,1-4H3,(H,34,36). The number of carbonyl (C=O) groups excluding carboxylic acids is 1. The first kappa shape index (κ1) is 28.8. The second-order valence-corrected chi connectivity index (χ2v) is 10.2. The van der Waals surface area contributed by atoms with Crippen molar-refractivity contribution < 1.29 is 19.0 Å². The quantitative estimate of drug-likeness (QED) is 0.198. The van der Waals surface area contributed by atoms with Gasteiger partial charge in [-0.2, -0.15) is 5.26 Å². The fourth-order valence-electron chi connectivity index (χ4n) is 4.15. The summed E-state index contributed by atoms with van der Waals surface area (Å²) < 4.78 is 16.6. The van der Waals surface area contributed by atoms with Crippen LogP contribution in [-0.2, 0) is 4.79 Å². The lowest BCUT2D eigenvalue weighted by Gasteiger charge is -2.16. The zero-order valence-electron chi connectivity index (χ0n) is 22.6. The van der Waals surface area contributed by atoms with Gasteiger partial charge in [0.05, 0.1) is 32.6 Å². The van der Waals surface area contributed by atoms with Crippen molar-refractivity contribution in [1.82, 2.24) is 4.98 Å². The van der Waals surface area contributed by atoms with Crippen LogP contribution in [0.2, 0.25) is 5.02 Å². The van der Waals surface area contributed by atoms with Gasteiger partial charge >= 0.3 is 0 Å². The highest BCUT2D eigenvalue weighted by atomic mass is 35.5. The Morgan fingerprint density at radius 2 is 1.68 bits per heavy atom. The van der Waals surface area contributed by atoms with E-state index in [-0.39, 0.29) is 12.3 Å². The molecule has 0 saturated carbocycles. The fraction of sp³-hybridized carbons (Fsp3) is 0.194. The van der Waals surface area contributed by atoms with Gasteiger partial charge in [0.1, 0.15) is 11.1 Å². The van der Waals surface area contributed by atoms with E-state index in [1.807, 2.05) is 61.5 Å². The fourth-order valence-corrected chi connectivity index (χ4v) is 5.27. The molecule has 0 spiro atoms. The summed E-state index contributed by atoms with van der Waals surface area (Å²) in [4.78, 5) is 17.5. The number of rotatable bonds is 10. The number of nitrogens with one attached hydrogen (secondary N) is 1. The average Bonchev–Trinajstić information content (AvgIpc) is 2.98. The van der Waals surface area contributed by atoms with Gasteiger partial charge in [-0.3, -0.25) is 4.79 Å². The molecular formula is C31H28ClN3O4S. The van der Waals surface area contributed by atoms with E-state index in [2.05, 4.69) is 11.4 Å². The number of nitriles is 1. The molecule has 1 heterocycles. The normalized spacial score (nSPS) is 10.5. The van der Waals surface area contributed by atoms with E-state index < -0.39 is 0 Å². The summed E-state index contributed by atoms with van der Waals surface area (Å²) in [7, 11) is 4.64. The molecular weight excluding hydrogens is 546 g/mol. The minimum atomic E-state index is -0.152. The van der Waals surface area contributed by atoms with Crippen molar-refractivity contribution in [2.24, 2.45) is 0 Å². The summed E-state index contributed by atoms with van der Waals surface area (Å²) in [6.07, 6.45) is 0.220. The highest BCUT2D eigenvalue weighted by molar-refractivity contribution is 7.99. The van der Waals surface area contributed by atoms with Crippen molar-refractivity contribution in [1.29, 1.82) is 5.26 Å². The molecule has 1 N–H and O–H groups in total. The molecule has 3 aromatic carbocycles. The predicted octanol–water partition coefficient (Wildman–Crippen LogP) is 7.40. The van der Waals surface area contributed by atoms with Crippen LogP contribution in [0.25, 0.3) is 22.4 Å². The number of methoxy groups -OCH3 is 3. The van der Waals surface area contributed by atoms with Gasteiger partial charge in [-0.1, -0.05) is 48.0 Å². The predicted molar refractivity (Wildman–Crippen MR) is 160 cm³/mol. The van der Waals surface area contributed by atoms with Crippen molar-refractivity contribution in [3.8, 4) is 45.7 Å². The van der Waals surface area contributed by atoms with Crippen molar-refractivity contribution in [2.75, 3.05) is 32.4 Å². The van der Waals surface area contributed by atoms with E-state index in [0.717, 1.165) is 11.1 Å². The second-order valence-electron chi connectivity index (χ2n) is 8.69. The van der Waals surface area contributed by atoms with Crippen LogP contribution < -0.4 is 19.5 Å². The molecule has 0 aliphatic rings. The average molecular weight is 574 g/mol. The zero-order chi connectivity index (χ0) is 28.6. The molecule has 0 fully saturated rings. The Balaban J connectivity index is 1.70. The molecule has 1 aromatic heterocycles. The maximum atomic E-state index is 12.7. The Morgan fingerprint density at radius 3 is 2.30 bits per heavy atom. The number of benzene rings is 3. The zero-order valence-corrected chi connectivity index (χ0v) is 24.2. The summed E-state index contributed by atoms with van der Waals surface area (Å²) in [6.45, 7) is 1.86. The van der Waals surface area contributed by atoms with Gasteiger partial charge in [-0.05, 0) is 48.4 Å². The van der Waals surface area contributed by atoms with Crippen LogP contribution in [0.1, 0.15) is 17.5 Å². The van der Waals surface area contributed by atoms with E-state index in [9.17, 15) is 10.1 Å². The molecule has 4 aromatic rings. The summed E-state index contributed by atoms with van der Waals surface area (Å²) >= 11 is 7.54. The van der Waals surface area contributed by atoms with E-state index in [1.165, 1.54) is 11.8 Å². The van der Waals surface area contributed by atoms with Crippen LogP contribution in [0.3, 0.4) is 0 Å². The number of pyridine rings is 1. The lowest BCUT2D eigenvalue weighted by Crippen LogP contribution is -2.13. The molecule has 0 atom stereocenters. The summed E-state index contributed by atoms with van der Waals surface area (Å²) in [6, 6.07) is 22.9. The third-order valence-electron chi connectivity index (χ3n) is 6.25. The maximum absolute atomic E-state index is 12.7. The second kappa shape index (κ2) is 13.2. The van der Waals surface area contributed by atoms with E-state index >= 15 is 0 Å². The van der Waals surface area contributed by atoms with Crippen molar-refractivity contribution in [3.63, 3.8) is 0 Å². The summed E-state index contributed by atoms with van der Waals surface area (Å²) in [5.74, 6) is 1.67.